The van der Waals surface area contributed by atoms with Crippen LogP contribution in [0.15, 0.2) is 30.5 Å². The lowest BCUT2D eigenvalue weighted by Crippen LogP contribution is -2.19. The van der Waals surface area contributed by atoms with E-state index in [1.807, 2.05) is 37.4 Å². The molecule has 0 radical (unpaired) electrons. The maximum atomic E-state index is 5.88. The number of halogens is 1. The van der Waals surface area contributed by atoms with Crippen LogP contribution in [0, 0.1) is 6.92 Å². The SMILES string of the molecule is CCNC(C)c1cnc(-c2ccc(Cl)cc2)nc1C. The predicted octanol–water partition coefficient (Wildman–Crippen LogP) is 3.78. The first-order valence-corrected chi connectivity index (χ1v) is 6.82. The smallest absolute Gasteiger partial charge is 0.159 e. The van der Waals surface area contributed by atoms with E-state index < -0.39 is 0 Å². The molecule has 0 aliphatic heterocycles. The lowest BCUT2D eigenvalue weighted by Gasteiger charge is -2.15. The van der Waals surface area contributed by atoms with Gasteiger partial charge in [-0.1, -0.05) is 18.5 Å². The van der Waals surface area contributed by atoms with Crippen molar-refractivity contribution in [3.63, 3.8) is 0 Å². The van der Waals surface area contributed by atoms with Gasteiger partial charge in [0.15, 0.2) is 5.82 Å². The standard InChI is InChI=1S/C15H18ClN3/c1-4-17-10(2)14-9-18-15(19-11(14)3)12-5-7-13(16)8-6-12/h5-10,17H,4H2,1-3H3. The molecule has 0 spiro atoms. The van der Waals surface area contributed by atoms with Crippen molar-refractivity contribution in [2.75, 3.05) is 6.54 Å². The van der Waals surface area contributed by atoms with Crippen LogP contribution in [-0.4, -0.2) is 16.5 Å². The molecule has 0 saturated heterocycles. The molecule has 1 unspecified atom stereocenters. The summed E-state index contributed by atoms with van der Waals surface area (Å²) in [6.45, 7) is 7.16. The molecule has 0 fully saturated rings. The molecule has 2 rings (SSSR count). The van der Waals surface area contributed by atoms with Crippen molar-refractivity contribution >= 4 is 11.6 Å². The fourth-order valence-electron chi connectivity index (χ4n) is 2.06. The second-order valence-electron chi connectivity index (χ2n) is 4.52. The molecule has 100 valence electrons. The lowest BCUT2D eigenvalue weighted by atomic mass is 10.1. The molecule has 3 nitrogen and oxygen atoms in total. The Balaban J connectivity index is 2.30. The van der Waals surface area contributed by atoms with Crippen LogP contribution in [0.1, 0.15) is 31.1 Å². The quantitative estimate of drug-likeness (QED) is 0.923. The van der Waals surface area contributed by atoms with Gasteiger partial charge in [-0.05, 0) is 44.7 Å². The van der Waals surface area contributed by atoms with Gasteiger partial charge in [0.2, 0.25) is 0 Å². The van der Waals surface area contributed by atoms with Crippen molar-refractivity contribution < 1.29 is 0 Å². The zero-order valence-corrected chi connectivity index (χ0v) is 12.2. The van der Waals surface area contributed by atoms with E-state index in [4.69, 9.17) is 11.6 Å². The van der Waals surface area contributed by atoms with Gasteiger partial charge in [0.05, 0.1) is 0 Å². The third kappa shape index (κ3) is 3.31. The van der Waals surface area contributed by atoms with Gasteiger partial charge in [-0.25, -0.2) is 9.97 Å². The highest BCUT2D eigenvalue weighted by atomic mass is 35.5. The third-order valence-electron chi connectivity index (χ3n) is 3.10. The molecule has 1 heterocycles. The zero-order valence-electron chi connectivity index (χ0n) is 11.4. The highest BCUT2D eigenvalue weighted by molar-refractivity contribution is 6.30. The van der Waals surface area contributed by atoms with Gasteiger partial charge in [0.1, 0.15) is 0 Å². The Bertz CT molecular complexity index is 552. The van der Waals surface area contributed by atoms with Crippen molar-refractivity contribution in [3.8, 4) is 11.4 Å². The fourth-order valence-corrected chi connectivity index (χ4v) is 2.18. The summed E-state index contributed by atoms with van der Waals surface area (Å²) in [5, 5.41) is 4.09. The molecule has 0 saturated carbocycles. The lowest BCUT2D eigenvalue weighted by molar-refractivity contribution is 0.590. The molecule has 4 heteroatoms. The Morgan fingerprint density at radius 3 is 2.53 bits per heavy atom. The van der Waals surface area contributed by atoms with Gasteiger partial charge in [-0.3, -0.25) is 0 Å². The minimum Gasteiger partial charge on any atom is -0.310 e. The minimum atomic E-state index is 0.268. The van der Waals surface area contributed by atoms with E-state index in [1.54, 1.807) is 0 Å². The Kier molecular flexibility index (Phi) is 4.51. The van der Waals surface area contributed by atoms with Crippen LogP contribution in [0.25, 0.3) is 11.4 Å². The summed E-state index contributed by atoms with van der Waals surface area (Å²) in [7, 11) is 0. The minimum absolute atomic E-state index is 0.268. The van der Waals surface area contributed by atoms with Crippen molar-refractivity contribution in [1.82, 2.24) is 15.3 Å². The maximum absolute atomic E-state index is 5.88. The van der Waals surface area contributed by atoms with Gasteiger partial charge in [-0.15, -0.1) is 0 Å². The number of aromatic nitrogens is 2. The van der Waals surface area contributed by atoms with Gasteiger partial charge in [-0.2, -0.15) is 0 Å². The molecular weight excluding hydrogens is 258 g/mol. The third-order valence-corrected chi connectivity index (χ3v) is 3.35. The number of nitrogens with one attached hydrogen (secondary N) is 1. The average molecular weight is 276 g/mol. The van der Waals surface area contributed by atoms with Crippen molar-refractivity contribution in [1.29, 1.82) is 0 Å². The predicted molar refractivity (Wildman–Crippen MR) is 79.3 cm³/mol. The number of aryl methyl sites for hydroxylation is 1. The van der Waals surface area contributed by atoms with Crippen LogP contribution >= 0.6 is 11.6 Å². The Labute approximate surface area is 119 Å². The molecule has 1 N–H and O–H groups in total. The van der Waals surface area contributed by atoms with E-state index in [0.717, 1.165) is 34.2 Å². The molecule has 0 aliphatic rings. The number of rotatable bonds is 4. The summed E-state index contributed by atoms with van der Waals surface area (Å²) in [5.74, 6) is 0.738. The second-order valence-corrected chi connectivity index (χ2v) is 4.96. The summed E-state index contributed by atoms with van der Waals surface area (Å²) in [6, 6.07) is 7.84. The molecule has 1 aromatic heterocycles. The van der Waals surface area contributed by atoms with Crippen LogP contribution in [0.3, 0.4) is 0 Å². The first-order chi connectivity index (χ1) is 9.11. The van der Waals surface area contributed by atoms with Gasteiger partial charge in [0, 0.05) is 34.1 Å². The molecular formula is C15H18ClN3. The molecule has 0 bridgehead atoms. The molecule has 1 atom stereocenters. The zero-order chi connectivity index (χ0) is 13.8. The van der Waals surface area contributed by atoms with Crippen LogP contribution in [0.5, 0.6) is 0 Å². The van der Waals surface area contributed by atoms with Crippen molar-refractivity contribution in [2.45, 2.75) is 26.8 Å². The molecule has 2 aromatic rings. The normalized spacial score (nSPS) is 12.4. The number of hydrogen-bond acceptors (Lipinski definition) is 3. The van der Waals surface area contributed by atoms with E-state index in [9.17, 15) is 0 Å². The summed E-state index contributed by atoms with van der Waals surface area (Å²) in [6.07, 6.45) is 1.90. The summed E-state index contributed by atoms with van der Waals surface area (Å²) >= 11 is 5.88. The molecule has 1 aromatic carbocycles. The Morgan fingerprint density at radius 1 is 1.26 bits per heavy atom. The van der Waals surface area contributed by atoms with Crippen molar-refractivity contribution in [2.24, 2.45) is 0 Å². The molecule has 0 aliphatic carbocycles. The van der Waals surface area contributed by atoms with Gasteiger partial charge < -0.3 is 5.32 Å². The van der Waals surface area contributed by atoms with Crippen LogP contribution < -0.4 is 5.32 Å². The van der Waals surface area contributed by atoms with E-state index in [1.165, 1.54) is 0 Å². The second kappa shape index (κ2) is 6.13. The van der Waals surface area contributed by atoms with E-state index in [2.05, 4.69) is 29.1 Å². The van der Waals surface area contributed by atoms with E-state index in [0.29, 0.717) is 0 Å². The number of nitrogens with zero attached hydrogens (tertiary/aromatic N) is 2. The molecule has 0 amide bonds. The molecule has 19 heavy (non-hydrogen) atoms. The first kappa shape index (κ1) is 14.0. The van der Waals surface area contributed by atoms with Crippen LogP contribution in [-0.2, 0) is 0 Å². The first-order valence-electron chi connectivity index (χ1n) is 6.44. The van der Waals surface area contributed by atoms with Gasteiger partial charge >= 0.3 is 0 Å². The van der Waals surface area contributed by atoms with Crippen molar-refractivity contribution in [3.05, 3.63) is 46.7 Å². The van der Waals surface area contributed by atoms with Crippen LogP contribution in [0.4, 0.5) is 0 Å². The highest BCUT2D eigenvalue weighted by Crippen LogP contribution is 2.21. The fraction of sp³-hybridized carbons (Fsp3) is 0.333. The van der Waals surface area contributed by atoms with E-state index in [-0.39, 0.29) is 6.04 Å². The Morgan fingerprint density at radius 2 is 1.95 bits per heavy atom. The number of benzene rings is 1. The summed E-state index contributed by atoms with van der Waals surface area (Å²) < 4.78 is 0. The Hall–Kier alpha value is -1.45. The summed E-state index contributed by atoms with van der Waals surface area (Å²) in [5.41, 5.74) is 3.13. The average Bonchev–Trinajstić information content (AvgIpc) is 2.39. The van der Waals surface area contributed by atoms with Gasteiger partial charge in [0.25, 0.3) is 0 Å². The van der Waals surface area contributed by atoms with Crippen LogP contribution in [0.2, 0.25) is 5.02 Å². The monoisotopic (exact) mass is 275 g/mol. The summed E-state index contributed by atoms with van der Waals surface area (Å²) in [4.78, 5) is 9.03. The largest absolute Gasteiger partial charge is 0.310 e. The highest BCUT2D eigenvalue weighted by Gasteiger charge is 2.10. The van der Waals surface area contributed by atoms with E-state index >= 15 is 0 Å². The topological polar surface area (TPSA) is 37.8 Å². The maximum Gasteiger partial charge on any atom is 0.159 e. The number of hydrogen-bond donors (Lipinski definition) is 1.